The first kappa shape index (κ1) is 37.5. The van der Waals surface area contributed by atoms with Gasteiger partial charge in [0.05, 0.1) is 30.1 Å². The molecule has 4 aromatic rings. The van der Waals surface area contributed by atoms with Crippen LogP contribution in [-0.2, 0) is 26.2 Å². The molecule has 0 saturated carbocycles. The minimum absolute atomic E-state index is 0.0901. The fourth-order valence-corrected chi connectivity index (χ4v) is 5.71. The number of rotatable bonds is 8. The van der Waals surface area contributed by atoms with E-state index in [0.717, 1.165) is 60.3 Å². The Morgan fingerprint density at radius 3 is 1.59 bits per heavy atom. The molecule has 0 radical (unpaired) electrons. The van der Waals surface area contributed by atoms with Gasteiger partial charge in [-0.2, -0.15) is 0 Å². The van der Waals surface area contributed by atoms with Crippen LogP contribution in [0.4, 0.5) is 0 Å². The highest BCUT2D eigenvalue weighted by molar-refractivity contribution is 5.95. The van der Waals surface area contributed by atoms with Gasteiger partial charge in [-0.25, -0.2) is 9.97 Å². The third kappa shape index (κ3) is 9.01. The number of aliphatic hydroxyl groups excluding tert-OH is 2. The highest BCUT2D eigenvalue weighted by Crippen LogP contribution is 2.27. The Hall–Kier alpha value is -4.36. The van der Waals surface area contributed by atoms with E-state index in [0.29, 0.717) is 24.5 Å². The molecule has 2 aromatic heterocycles. The second-order valence-corrected chi connectivity index (χ2v) is 13.0. The lowest BCUT2D eigenvalue weighted by molar-refractivity contribution is 0.0860. The molecular formula is C37H52N8O4. The van der Waals surface area contributed by atoms with Crippen LogP contribution in [0.5, 0.6) is 0 Å². The normalized spacial score (nSPS) is 15.0. The van der Waals surface area contributed by atoms with Crippen molar-refractivity contribution in [2.75, 3.05) is 40.4 Å². The smallest absolute Gasteiger partial charge is 0.272 e. The van der Waals surface area contributed by atoms with Crippen molar-refractivity contribution in [1.82, 2.24) is 39.5 Å². The topological polar surface area (TPSA) is 141 Å². The molecule has 2 aliphatic heterocycles. The van der Waals surface area contributed by atoms with E-state index < -0.39 is 5.54 Å². The van der Waals surface area contributed by atoms with Crippen LogP contribution in [0.1, 0.15) is 67.0 Å². The standard InChI is InChI=1S/C18H24N4O2.C17H22N4O2.C2H6/c1-18(2,12-23)20-17(24)15-14-11-21(3)9-10-22(14)16(19-15)13-7-5-4-6-8-13;1-12(11-22)18-17(23)15-14-10-20(2)8-9-21(14)16(19-15)13-6-4-3-5-7-13;1-2/h4-8,23H,9-12H2,1-3H3,(H,20,24);3-7,12,22H,8-11H2,1-2H3,(H,18,23);1-2H3. The zero-order valence-corrected chi connectivity index (χ0v) is 29.9. The summed E-state index contributed by atoms with van der Waals surface area (Å²) in [6.07, 6.45) is 0. The van der Waals surface area contributed by atoms with E-state index in [1.807, 2.05) is 88.6 Å². The summed E-state index contributed by atoms with van der Waals surface area (Å²) in [4.78, 5) is 38.9. The monoisotopic (exact) mass is 672 g/mol. The lowest BCUT2D eigenvalue weighted by Gasteiger charge is -2.27. The molecule has 2 aliphatic rings. The van der Waals surface area contributed by atoms with Gasteiger partial charge >= 0.3 is 0 Å². The van der Waals surface area contributed by atoms with Crippen molar-refractivity contribution < 1.29 is 19.8 Å². The van der Waals surface area contributed by atoms with Crippen LogP contribution in [0.3, 0.4) is 0 Å². The summed E-state index contributed by atoms with van der Waals surface area (Å²) in [7, 11) is 4.08. The van der Waals surface area contributed by atoms with Crippen molar-refractivity contribution in [2.45, 2.75) is 72.4 Å². The van der Waals surface area contributed by atoms with Crippen LogP contribution in [-0.4, -0.2) is 103 Å². The molecular weight excluding hydrogens is 620 g/mol. The Balaban J connectivity index is 0.000000210. The first-order valence-electron chi connectivity index (χ1n) is 17.0. The van der Waals surface area contributed by atoms with Crippen molar-refractivity contribution in [3.8, 4) is 22.8 Å². The molecule has 0 fully saturated rings. The van der Waals surface area contributed by atoms with E-state index in [1.165, 1.54) is 0 Å². The van der Waals surface area contributed by atoms with Gasteiger partial charge in [-0.1, -0.05) is 74.5 Å². The van der Waals surface area contributed by atoms with Crippen LogP contribution < -0.4 is 10.6 Å². The molecule has 4 heterocycles. The van der Waals surface area contributed by atoms with Gasteiger partial charge in [0.2, 0.25) is 0 Å². The van der Waals surface area contributed by atoms with Crippen LogP contribution in [0.2, 0.25) is 0 Å². The highest BCUT2D eigenvalue weighted by Gasteiger charge is 2.30. The number of carbonyl (C=O) groups excluding carboxylic acids is 2. The Morgan fingerprint density at radius 1 is 0.755 bits per heavy atom. The third-order valence-electron chi connectivity index (χ3n) is 8.39. The fraction of sp³-hybridized carbons (Fsp3) is 0.459. The first-order chi connectivity index (χ1) is 23.5. The van der Waals surface area contributed by atoms with E-state index in [-0.39, 0.29) is 31.1 Å². The molecule has 0 aliphatic carbocycles. The number of imidazole rings is 2. The summed E-state index contributed by atoms with van der Waals surface area (Å²) in [6.45, 7) is 14.0. The molecule has 0 bridgehead atoms. The Morgan fingerprint density at radius 2 is 1.18 bits per heavy atom. The molecule has 1 atom stereocenters. The minimum Gasteiger partial charge on any atom is -0.394 e. The first-order valence-corrected chi connectivity index (χ1v) is 17.0. The molecule has 12 nitrogen and oxygen atoms in total. The maximum atomic E-state index is 12.7. The maximum absolute atomic E-state index is 12.7. The second kappa shape index (κ2) is 16.8. The molecule has 0 saturated heterocycles. The van der Waals surface area contributed by atoms with Crippen molar-refractivity contribution in [1.29, 1.82) is 0 Å². The number of likely N-dealkylation sites (N-methyl/N-ethyl adjacent to an activating group) is 2. The van der Waals surface area contributed by atoms with E-state index >= 15 is 0 Å². The third-order valence-corrected chi connectivity index (χ3v) is 8.39. The summed E-state index contributed by atoms with van der Waals surface area (Å²) in [5.41, 5.74) is 4.09. The molecule has 2 aromatic carbocycles. The lowest BCUT2D eigenvalue weighted by atomic mass is 10.1. The molecule has 6 rings (SSSR count). The SMILES string of the molecule is CC.CC(CO)NC(=O)c1nc(-c2ccccc2)n2c1CN(C)CC2.CN1CCn2c(-c3ccccc3)nc(C(=O)NC(C)(C)CO)c2C1. The quantitative estimate of drug-likeness (QED) is 0.223. The average Bonchev–Trinajstić information content (AvgIpc) is 3.68. The molecule has 1 unspecified atom stereocenters. The molecule has 49 heavy (non-hydrogen) atoms. The van der Waals surface area contributed by atoms with Crippen LogP contribution >= 0.6 is 0 Å². The Labute approximate surface area is 289 Å². The predicted molar refractivity (Wildman–Crippen MR) is 192 cm³/mol. The summed E-state index contributed by atoms with van der Waals surface area (Å²) in [5, 5.41) is 24.2. The van der Waals surface area contributed by atoms with Gasteiger partial charge in [-0.05, 0) is 34.9 Å². The van der Waals surface area contributed by atoms with E-state index in [2.05, 4.69) is 39.5 Å². The fourth-order valence-electron chi connectivity index (χ4n) is 5.71. The second-order valence-electron chi connectivity index (χ2n) is 13.0. The van der Waals surface area contributed by atoms with E-state index in [9.17, 15) is 14.7 Å². The number of hydrogen-bond donors (Lipinski definition) is 4. The molecule has 0 spiro atoms. The number of carbonyl (C=O) groups is 2. The van der Waals surface area contributed by atoms with Gasteiger partial charge in [0.25, 0.3) is 11.8 Å². The summed E-state index contributed by atoms with van der Waals surface area (Å²) >= 11 is 0. The van der Waals surface area contributed by atoms with Crippen molar-refractivity contribution in [3.63, 3.8) is 0 Å². The summed E-state index contributed by atoms with van der Waals surface area (Å²) in [6, 6.07) is 19.6. The number of benzene rings is 2. The van der Waals surface area contributed by atoms with Crippen molar-refractivity contribution in [3.05, 3.63) is 83.4 Å². The van der Waals surface area contributed by atoms with Gasteiger partial charge in [0.1, 0.15) is 11.6 Å². The van der Waals surface area contributed by atoms with E-state index in [1.54, 1.807) is 20.8 Å². The predicted octanol–water partition coefficient (Wildman–Crippen LogP) is 3.63. The van der Waals surface area contributed by atoms with Gasteiger partial charge in [0.15, 0.2) is 11.4 Å². The Bertz CT molecular complexity index is 1680. The molecule has 264 valence electrons. The van der Waals surface area contributed by atoms with E-state index in [4.69, 9.17) is 5.11 Å². The van der Waals surface area contributed by atoms with Gasteiger partial charge < -0.3 is 30.0 Å². The maximum Gasteiger partial charge on any atom is 0.272 e. The molecule has 2 amide bonds. The largest absolute Gasteiger partial charge is 0.394 e. The summed E-state index contributed by atoms with van der Waals surface area (Å²) < 4.78 is 4.27. The van der Waals surface area contributed by atoms with Crippen molar-refractivity contribution in [2.24, 2.45) is 0 Å². The number of aliphatic hydroxyl groups is 2. The number of amides is 2. The lowest BCUT2D eigenvalue weighted by Crippen LogP contribution is -2.46. The molecule has 12 heteroatoms. The van der Waals surface area contributed by atoms with Crippen LogP contribution in [0.25, 0.3) is 22.8 Å². The highest BCUT2D eigenvalue weighted by atomic mass is 16.3. The van der Waals surface area contributed by atoms with Gasteiger partial charge in [-0.15, -0.1) is 0 Å². The van der Waals surface area contributed by atoms with Gasteiger partial charge in [0, 0.05) is 56.4 Å². The average molecular weight is 673 g/mol. The number of nitrogens with one attached hydrogen (secondary N) is 2. The number of fused-ring (bicyclic) bond motifs is 2. The number of nitrogens with zero attached hydrogens (tertiary/aromatic N) is 6. The van der Waals surface area contributed by atoms with Crippen LogP contribution in [0, 0.1) is 0 Å². The zero-order chi connectivity index (χ0) is 35.7. The number of aromatic nitrogens is 4. The summed E-state index contributed by atoms with van der Waals surface area (Å²) in [5.74, 6) is 1.18. The molecule has 4 N–H and O–H groups in total. The zero-order valence-electron chi connectivity index (χ0n) is 29.9. The minimum atomic E-state index is -0.680. The van der Waals surface area contributed by atoms with Crippen LogP contribution in [0.15, 0.2) is 60.7 Å². The van der Waals surface area contributed by atoms with Gasteiger partial charge in [-0.3, -0.25) is 19.4 Å². The van der Waals surface area contributed by atoms with Crippen molar-refractivity contribution >= 4 is 11.8 Å². The number of hydrogen-bond acceptors (Lipinski definition) is 8. The Kier molecular flexibility index (Phi) is 12.9.